The van der Waals surface area contributed by atoms with Crippen LogP contribution in [-0.2, 0) is 15.9 Å². The fraction of sp³-hybridized carbons (Fsp3) is 0.478. The van der Waals surface area contributed by atoms with Crippen molar-refractivity contribution < 1.29 is 27.8 Å². The van der Waals surface area contributed by atoms with E-state index in [9.17, 15) is 9.59 Å². The molecule has 3 heterocycles. The first kappa shape index (κ1) is 21.4. The molecule has 1 saturated heterocycles. The summed E-state index contributed by atoms with van der Waals surface area (Å²) in [6.07, 6.45) is 1.57. The average Bonchev–Trinajstić information content (AvgIpc) is 3.19. The Morgan fingerprint density at radius 2 is 1.94 bits per heavy atom. The molecule has 166 valence electrons. The SMILES string of the molecule is CCCc1cc(=O)oc2c1c(OCCN1CCOCC1)cc1oc(C(=O)OCC)cc12. The van der Waals surface area contributed by atoms with E-state index < -0.39 is 11.6 Å². The van der Waals surface area contributed by atoms with Gasteiger partial charge in [-0.25, -0.2) is 9.59 Å². The Hall–Kier alpha value is -2.84. The Morgan fingerprint density at radius 1 is 1.13 bits per heavy atom. The van der Waals surface area contributed by atoms with Gasteiger partial charge in [0.1, 0.15) is 17.9 Å². The van der Waals surface area contributed by atoms with Crippen LogP contribution in [0.3, 0.4) is 0 Å². The maximum absolute atomic E-state index is 12.2. The van der Waals surface area contributed by atoms with Gasteiger partial charge in [0.25, 0.3) is 0 Å². The summed E-state index contributed by atoms with van der Waals surface area (Å²) in [6.45, 7) is 8.45. The topological polar surface area (TPSA) is 91.4 Å². The second-order valence-electron chi connectivity index (χ2n) is 7.46. The lowest BCUT2D eigenvalue weighted by molar-refractivity contribution is 0.0323. The van der Waals surface area contributed by atoms with Crippen molar-refractivity contribution in [1.29, 1.82) is 0 Å². The van der Waals surface area contributed by atoms with E-state index in [1.165, 1.54) is 6.07 Å². The van der Waals surface area contributed by atoms with Crippen molar-refractivity contribution >= 4 is 27.9 Å². The van der Waals surface area contributed by atoms with E-state index in [0.717, 1.165) is 50.2 Å². The maximum atomic E-state index is 12.2. The number of esters is 1. The van der Waals surface area contributed by atoms with Crippen LogP contribution in [0.4, 0.5) is 0 Å². The molecule has 0 radical (unpaired) electrons. The first-order valence-corrected chi connectivity index (χ1v) is 10.7. The number of hydrogen-bond acceptors (Lipinski definition) is 8. The van der Waals surface area contributed by atoms with Gasteiger partial charge in [-0.05, 0) is 18.9 Å². The van der Waals surface area contributed by atoms with Gasteiger partial charge in [-0.1, -0.05) is 13.3 Å². The van der Waals surface area contributed by atoms with E-state index in [1.54, 1.807) is 19.1 Å². The van der Waals surface area contributed by atoms with Gasteiger partial charge in [0.2, 0.25) is 5.76 Å². The Balaban J connectivity index is 1.76. The highest BCUT2D eigenvalue weighted by atomic mass is 16.5. The fourth-order valence-corrected chi connectivity index (χ4v) is 3.87. The van der Waals surface area contributed by atoms with Gasteiger partial charge >= 0.3 is 11.6 Å². The molecule has 0 saturated carbocycles. The van der Waals surface area contributed by atoms with Crippen molar-refractivity contribution in [3.63, 3.8) is 0 Å². The van der Waals surface area contributed by atoms with Crippen LogP contribution in [0.2, 0.25) is 0 Å². The van der Waals surface area contributed by atoms with Gasteiger partial charge in [0.15, 0.2) is 5.58 Å². The van der Waals surface area contributed by atoms with Crippen LogP contribution in [0.1, 0.15) is 36.4 Å². The minimum atomic E-state index is -0.561. The van der Waals surface area contributed by atoms with Gasteiger partial charge in [0.05, 0.1) is 30.6 Å². The van der Waals surface area contributed by atoms with E-state index in [2.05, 4.69) is 11.8 Å². The van der Waals surface area contributed by atoms with E-state index in [4.69, 9.17) is 23.0 Å². The highest BCUT2D eigenvalue weighted by Gasteiger charge is 2.21. The molecule has 2 aromatic heterocycles. The minimum absolute atomic E-state index is 0.0622. The minimum Gasteiger partial charge on any atom is -0.491 e. The van der Waals surface area contributed by atoms with E-state index >= 15 is 0 Å². The molecule has 8 heteroatoms. The second-order valence-corrected chi connectivity index (χ2v) is 7.46. The molecule has 31 heavy (non-hydrogen) atoms. The number of furan rings is 1. The number of carbonyl (C=O) groups is 1. The van der Waals surface area contributed by atoms with Gasteiger partial charge in [-0.15, -0.1) is 0 Å². The number of morpholine rings is 1. The number of ether oxygens (including phenoxy) is 3. The number of carbonyl (C=O) groups excluding carboxylic acids is 1. The summed E-state index contributed by atoms with van der Waals surface area (Å²) in [6, 6.07) is 4.84. The molecule has 1 fully saturated rings. The van der Waals surface area contributed by atoms with Crippen molar-refractivity contribution in [3.8, 4) is 5.75 Å². The molecule has 0 unspecified atom stereocenters. The van der Waals surface area contributed by atoms with Gasteiger partial charge in [-0.2, -0.15) is 0 Å². The first-order valence-electron chi connectivity index (χ1n) is 10.7. The zero-order valence-corrected chi connectivity index (χ0v) is 17.9. The molecule has 1 aliphatic rings. The fourth-order valence-electron chi connectivity index (χ4n) is 3.87. The molecule has 0 N–H and O–H groups in total. The number of aryl methyl sites for hydroxylation is 1. The summed E-state index contributed by atoms with van der Waals surface area (Å²) in [5.74, 6) is 0.0774. The van der Waals surface area contributed by atoms with Crippen LogP contribution >= 0.6 is 0 Å². The van der Waals surface area contributed by atoms with Crippen molar-refractivity contribution in [2.45, 2.75) is 26.7 Å². The molecule has 3 aromatic rings. The van der Waals surface area contributed by atoms with Crippen molar-refractivity contribution in [2.75, 3.05) is 46.1 Å². The molecule has 4 rings (SSSR count). The predicted octanol–water partition coefficient (Wildman–Crippen LogP) is 3.38. The summed E-state index contributed by atoms with van der Waals surface area (Å²) < 4.78 is 27.9. The number of hydrogen-bond donors (Lipinski definition) is 0. The Kier molecular flexibility index (Phi) is 6.58. The molecule has 1 aromatic carbocycles. The first-order chi connectivity index (χ1) is 15.1. The normalized spacial score (nSPS) is 14.9. The molecule has 0 aliphatic carbocycles. The highest BCUT2D eigenvalue weighted by Crippen LogP contribution is 2.37. The monoisotopic (exact) mass is 429 g/mol. The summed E-state index contributed by atoms with van der Waals surface area (Å²) >= 11 is 0. The van der Waals surface area contributed by atoms with E-state index in [0.29, 0.717) is 35.3 Å². The van der Waals surface area contributed by atoms with Crippen LogP contribution in [0.5, 0.6) is 5.75 Å². The third-order valence-corrected chi connectivity index (χ3v) is 5.32. The Bertz CT molecular complexity index is 1120. The quantitative estimate of drug-likeness (QED) is 0.398. The van der Waals surface area contributed by atoms with Crippen LogP contribution in [0.25, 0.3) is 21.9 Å². The summed E-state index contributed by atoms with van der Waals surface area (Å²) in [5, 5.41) is 1.29. The summed E-state index contributed by atoms with van der Waals surface area (Å²) in [4.78, 5) is 26.7. The van der Waals surface area contributed by atoms with Crippen LogP contribution in [0.15, 0.2) is 31.8 Å². The summed E-state index contributed by atoms with van der Waals surface area (Å²) in [5.41, 5.74) is 1.19. The Morgan fingerprint density at radius 3 is 2.68 bits per heavy atom. The van der Waals surface area contributed by atoms with Crippen molar-refractivity contribution in [1.82, 2.24) is 4.90 Å². The second kappa shape index (κ2) is 9.53. The van der Waals surface area contributed by atoms with E-state index in [1.807, 2.05) is 0 Å². The van der Waals surface area contributed by atoms with Gasteiger partial charge in [0, 0.05) is 37.8 Å². The lowest BCUT2D eigenvalue weighted by atomic mass is 10.0. The van der Waals surface area contributed by atoms with Crippen molar-refractivity contribution in [3.05, 3.63) is 39.9 Å². The Labute approximate surface area is 179 Å². The van der Waals surface area contributed by atoms with Crippen LogP contribution < -0.4 is 10.4 Å². The number of benzene rings is 1. The molecule has 8 nitrogen and oxygen atoms in total. The molecule has 0 spiro atoms. The van der Waals surface area contributed by atoms with E-state index in [-0.39, 0.29) is 12.4 Å². The zero-order valence-electron chi connectivity index (χ0n) is 17.9. The number of rotatable bonds is 8. The number of nitrogens with zero attached hydrogens (tertiary/aromatic N) is 1. The summed E-state index contributed by atoms with van der Waals surface area (Å²) in [7, 11) is 0. The molecular formula is C23H27NO7. The zero-order chi connectivity index (χ0) is 21.8. The molecular weight excluding hydrogens is 402 g/mol. The average molecular weight is 429 g/mol. The molecule has 1 aliphatic heterocycles. The predicted molar refractivity (Wildman–Crippen MR) is 115 cm³/mol. The van der Waals surface area contributed by atoms with Gasteiger partial charge < -0.3 is 23.0 Å². The molecule has 0 atom stereocenters. The lowest BCUT2D eigenvalue weighted by Crippen LogP contribution is -2.38. The molecule has 0 bridgehead atoms. The van der Waals surface area contributed by atoms with Crippen LogP contribution in [-0.4, -0.2) is 56.9 Å². The van der Waals surface area contributed by atoms with Crippen molar-refractivity contribution in [2.24, 2.45) is 0 Å². The lowest BCUT2D eigenvalue weighted by Gasteiger charge is -2.26. The smallest absolute Gasteiger partial charge is 0.374 e. The largest absolute Gasteiger partial charge is 0.491 e. The standard InChI is InChI=1S/C23H27NO7/c1-3-5-15-12-20(25)31-22-16-13-19(23(26)28-4-2)30-17(16)14-18(21(15)22)29-11-8-24-6-9-27-10-7-24/h12-14H,3-11H2,1-2H3. The van der Waals surface area contributed by atoms with Gasteiger partial charge in [-0.3, -0.25) is 4.90 Å². The third kappa shape index (κ3) is 4.60. The number of fused-ring (bicyclic) bond motifs is 3. The highest BCUT2D eigenvalue weighted by molar-refractivity contribution is 6.08. The third-order valence-electron chi connectivity index (χ3n) is 5.32. The molecule has 0 amide bonds. The maximum Gasteiger partial charge on any atom is 0.374 e. The van der Waals surface area contributed by atoms with Crippen LogP contribution in [0, 0.1) is 0 Å².